The molecule has 12 nitrogen and oxygen atoms in total. The quantitative estimate of drug-likeness (QED) is 0.156. The molecule has 0 spiro atoms. The van der Waals surface area contributed by atoms with Gasteiger partial charge in [0.05, 0.1) is 24.6 Å². The van der Waals surface area contributed by atoms with Crippen LogP contribution < -0.4 is 0 Å². The van der Waals surface area contributed by atoms with Crippen molar-refractivity contribution in [2.45, 2.75) is 216 Å². The lowest BCUT2D eigenvalue weighted by Crippen LogP contribution is -2.44. The minimum absolute atomic E-state index is 0. The van der Waals surface area contributed by atoms with E-state index in [2.05, 4.69) is 77.7 Å². The van der Waals surface area contributed by atoms with Gasteiger partial charge in [0.1, 0.15) is 33.4 Å². The van der Waals surface area contributed by atoms with Crippen LogP contribution in [0, 0.1) is 11.8 Å². The Morgan fingerprint density at radius 2 is 0.902 bits per heavy atom. The highest BCUT2D eigenvalue weighted by molar-refractivity contribution is 7.10. The van der Waals surface area contributed by atoms with Crippen molar-refractivity contribution in [2.75, 3.05) is 14.1 Å². The van der Waals surface area contributed by atoms with Gasteiger partial charge in [-0.25, -0.2) is 19.6 Å². The Morgan fingerprint density at radius 3 is 1.13 bits per heavy atom. The summed E-state index contributed by atoms with van der Waals surface area (Å²) in [7, 11) is -0.244. The van der Waals surface area contributed by atoms with E-state index in [0.717, 1.165) is 11.4 Å². The summed E-state index contributed by atoms with van der Waals surface area (Å²) in [5.74, 6) is 0.331. The maximum absolute atomic E-state index is 12.5. The second-order valence-corrected chi connectivity index (χ2v) is 33.2. The zero-order valence-electron chi connectivity index (χ0n) is 41.4. The molecule has 0 fully saturated rings. The number of carbonyl (C=O) groups is 2. The van der Waals surface area contributed by atoms with Crippen LogP contribution in [0.2, 0.25) is 36.3 Å². The summed E-state index contributed by atoms with van der Waals surface area (Å²) in [6, 6.07) is -0.323. The van der Waals surface area contributed by atoms with Crippen LogP contribution in [0.5, 0.6) is 0 Å². The van der Waals surface area contributed by atoms with E-state index < -0.39 is 40.0 Å². The highest BCUT2D eigenvalue weighted by Crippen LogP contribution is 2.39. The van der Waals surface area contributed by atoms with Crippen molar-refractivity contribution in [1.82, 2.24) is 19.8 Å². The van der Waals surface area contributed by atoms with Crippen molar-refractivity contribution >= 4 is 51.5 Å². The van der Waals surface area contributed by atoms with Crippen molar-refractivity contribution in [1.29, 1.82) is 0 Å². The average Bonchev–Trinajstić information content (AvgIpc) is 3.75. The molecule has 0 unspecified atom stereocenters. The van der Waals surface area contributed by atoms with E-state index in [0.29, 0.717) is 36.1 Å². The van der Waals surface area contributed by atoms with Crippen molar-refractivity contribution in [2.24, 2.45) is 11.8 Å². The van der Waals surface area contributed by atoms with E-state index in [4.69, 9.17) is 18.3 Å². The Morgan fingerprint density at radius 1 is 0.623 bits per heavy atom. The van der Waals surface area contributed by atoms with Gasteiger partial charge in [0.2, 0.25) is 0 Å². The maximum Gasteiger partial charge on any atom is 0.410 e. The molecule has 4 atom stereocenters. The number of thiazole rings is 2. The molecule has 16 heteroatoms. The van der Waals surface area contributed by atoms with Crippen LogP contribution >= 0.6 is 22.7 Å². The van der Waals surface area contributed by atoms with E-state index in [1.807, 2.05) is 80.0 Å². The molecule has 2 heterocycles. The van der Waals surface area contributed by atoms with Crippen molar-refractivity contribution in [3.05, 3.63) is 32.2 Å². The lowest BCUT2D eigenvalue weighted by atomic mass is 9.97. The number of aliphatic hydroxyl groups excluding tert-OH is 2. The number of hydrogen-bond acceptors (Lipinski definition) is 12. The molecule has 2 amide bonds. The van der Waals surface area contributed by atoms with Gasteiger partial charge in [-0.2, -0.15) is 0 Å². The fraction of sp³-hybridized carbons (Fsp3) is 0.822. The lowest BCUT2D eigenvalue weighted by molar-refractivity contribution is 0.00950. The highest BCUT2D eigenvalue weighted by Gasteiger charge is 2.39. The normalized spacial score (nSPS) is 15.0. The topological polar surface area (TPSA) is 144 Å². The number of amides is 2. The van der Waals surface area contributed by atoms with Gasteiger partial charge in [-0.15, -0.1) is 22.7 Å². The van der Waals surface area contributed by atoms with Crippen molar-refractivity contribution in [3.63, 3.8) is 0 Å². The first-order chi connectivity index (χ1) is 26.9. The number of rotatable bonds is 16. The third-order valence-electron chi connectivity index (χ3n) is 11.3. The molecule has 0 aliphatic rings. The van der Waals surface area contributed by atoms with Crippen molar-refractivity contribution < 1.29 is 38.1 Å². The second kappa shape index (κ2) is 23.3. The van der Waals surface area contributed by atoms with Gasteiger partial charge < -0.3 is 38.3 Å². The molecular formula is C45H88N4O8S2Si2. The zero-order chi connectivity index (χ0) is 47.0. The molecule has 0 radical (unpaired) electrons. The molecule has 0 aromatic carbocycles. The summed E-state index contributed by atoms with van der Waals surface area (Å²) in [6.07, 6.45) is -1.43. The predicted molar refractivity (Wildman–Crippen MR) is 259 cm³/mol. The molecule has 2 rings (SSSR count). The number of aliphatic hydroxyl groups is 2. The first-order valence-corrected chi connectivity index (χ1v) is 28.9. The number of ether oxygens (including phenoxy) is 2. The van der Waals surface area contributed by atoms with E-state index in [1.165, 1.54) is 22.7 Å². The molecule has 61 heavy (non-hydrogen) atoms. The second-order valence-electron chi connectivity index (χ2n) is 21.8. The number of aromatic nitrogens is 2. The van der Waals surface area contributed by atoms with Gasteiger partial charge in [0, 0.05) is 49.8 Å². The van der Waals surface area contributed by atoms with Gasteiger partial charge >= 0.3 is 12.2 Å². The van der Waals surface area contributed by atoms with E-state index in [9.17, 15) is 19.8 Å². The largest absolute Gasteiger partial charge is 0.444 e. The molecule has 0 saturated heterocycles. The monoisotopic (exact) mass is 933 g/mol. The first kappa shape index (κ1) is 59.1. The molecule has 2 N–H and O–H groups in total. The fourth-order valence-corrected chi connectivity index (χ4v) is 8.86. The lowest BCUT2D eigenvalue weighted by Gasteiger charge is -2.35. The minimum Gasteiger partial charge on any atom is -0.444 e. The summed E-state index contributed by atoms with van der Waals surface area (Å²) in [4.78, 5) is 37.4. The maximum atomic E-state index is 12.5. The highest BCUT2D eigenvalue weighted by atomic mass is 32.1. The summed E-state index contributed by atoms with van der Waals surface area (Å²) in [5.41, 5.74) is 0.584. The van der Waals surface area contributed by atoms with Crippen LogP contribution in [-0.4, -0.2) is 96.2 Å². The van der Waals surface area contributed by atoms with Gasteiger partial charge in [-0.1, -0.05) is 76.7 Å². The van der Waals surface area contributed by atoms with Crippen LogP contribution in [0.25, 0.3) is 0 Å². The fourth-order valence-electron chi connectivity index (χ4n) is 5.38. The molecule has 2 aromatic rings. The molecule has 0 bridgehead atoms. The number of nitrogens with zero attached hydrogens (tertiary/aromatic N) is 4. The van der Waals surface area contributed by atoms with Crippen LogP contribution in [0.4, 0.5) is 9.59 Å². The summed E-state index contributed by atoms with van der Waals surface area (Å²) in [5, 5.41) is 27.1. The Balaban J connectivity index is 0.00000116. The van der Waals surface area contributed by atoms with Gasteiger partial charge in [-0.3, -0.25) is 0 Å². The van der Waals surface area contributed by atoms with E-state index in [1.54, 1.807) is 23.9 Å². The molecular weight excluding hydrogens is 845 g/mol. The SMILES string of the molecule is C.CC(C)[C@@H](C[C@@H](O)c1nc(CO[Si](C)(C)C(C)(C)C)cs1)N(C)C(=O)OC(C)(C)C.CC(C)[C@@H](C[C@H](O)c1nc(CO[Si](C)(C)C(C)(C)C)cs1)N(C)C(=O)OC(C)(C)C. The molecule has 0 aliphatic heterocycles. The minimum atomic E-state index is -1.85. The van der Waals surface area contributed by atoms with Crippen LogP contribution in [-0.2, 0) is 31.5 Å². The van der Waals surface area contributed by atoms with Gasteiger partial charge in [0.15, 0.2) is 16.6 Å². The Bertz CT molecular complexity index is 1500. The zero-order valence-corrected chi connectivity index (χ0v) is 45.0. The van der Waals surface area contributed by atoms with E-state index >= 15 is 0 Å². The smallest absolute Gasteiger partial charge is 0.410 e. The van der Waals surface area contributed by atoms with Gasteiger partial charge in [-0.05, 0) is 89.6 Å². The molecule has 0 aliphatic carbocycles. The van der Waals surface area contributed by atoms with Crippen LogP contribution in [0.15, 0.2) is 10.8 Å². The third kappa shape index (κ3) is 19.8. The predicted octanol–water partition coefficient (Wildman–Crippen LogP) is 12.6. The van der Waals surface area contributed by atoms with Crippen LogP contribution in [0.3, 0.4) is 0 Å². The van der Waals surface area contributed by atoms with Gasteiger partial charge in [0.25, 0.3) is 0 Å². The average molecular weight is 934 g/mol. The standard InChI is InChI=1S/2C22H42N2O4SSi.CH4/c2*1-15(2)17(24(9)20(26)28-21(3,4)5)12-18(25)19-23-16(14-29-19)13-27-30(10,11)22(6,7)8;/h2*14-15,17-18,25H,12-13H2,1-11H3;1H4/t17-,18+;17-,18-;/m11./s1. The van der Waals surface area contributed by atoms with Crippen molar-refractivity contribution in [3.8, 4) is 0 Å². The third-order valence-corrected chi connectivity index (χ3v) is 22.3. The summed E-state index contributed by atoms with van der Waals surface area (Å²) < 4.78 is 23.5. The summed E-state index contributed by atoms with van der Waals surface area (Å²) >= 11 is 2.88. The molecule has 0 saturated carbocycles. The summed E-state index contributed by atoms with van der Waals surface area (Å²) in [6.45, 7) is 42.3. The van der Waals surface area contributed by atoms with Crippen LogP contribution in [0.1, 0.15) is 165 Å². The number of hydrogen-bond donors (Lipinski definition) is 2. The number of carbonyl (C=O) groups excluding carboxylic acids is 2. The Labute approximate surface area is 381 Å². The first-order valence-electron chi connectivity index (χ1n) is 21.3. The Kier molecular flexibility index (Phi) is 22.6. The van der Waals surface area contributed by atoms with E-state index in [-0.39, 0.29) is 53.6 Å². The Hall–Kier alpha value is -1.93. The molecule has 356 valence electrons. The molecule has 2 aromatic heterocycles.